The maximum atomic E-state index is 13.9. The van der Waals surface area contributed by atoms with E-state index in [0.717, 1.165) is 17.7 Å². The fourth-order valence-corrected chi connectivity index (χ4v) is 7.99. The molecule has 0 aliphatic carbocycles. The van der Waals surface area contributed by atoms with Crippen LogP contribution in [-0.2, 0) is 31.4 Å². The molecule has 1 amide bonds. The van der Waals surface area contributed by atoms with Gasteiger partial charge in [0.2, 0.25) is 26.0 Å². The van der Waals surface area contributed by atoms with E-state index in [4.69, 9.17) is 4.74 Å². The topological polar surface area (TPSA) is 104 Å². The number of rotatable bonds is 12. The molecule has 0 N–H and O–H groups in total. The minimum atomic E-state index is -3.91. The smallest absolute Gasteiger partial charge is 0.243 e. The molecule has 1 aliphatic heterocycles. The van der Waals surface area contributed by atoms with E-state index in [2.05, 4.69) is 0 Å². The summed E-state index contributed by atoms with van der Waals surface area (Å²) in [6.07, 6.45) is 1.25. The number of halogens is 1. The van der Waals surface area contributed by atoms with Crippen molar-refractivity contribution in [2.75, 3.05) is 33.3 Å². The molecular weight excluding hydrogens is 581 g/mol. The Kier molecular flexibility index (Phi) is 10.4. The van der Waals surface area contributed by atoms with E-state index in [0.29, 0.717) is 25.0 Å². The van der Waals surface area contributed by atoms with Gasteiger partial charge in [0.1, 0.15) is 11.6 Å². The van der Waals surface area contributed by atoms with Gasteiger partial charge >= 0.3 is 0 Å². The fraction of sp³-hybridized carbons (Fsp3) is 0.367. The van der Waals surface area contributed by atoms with Crippen molar-refractivity contribution in [3.05, 3.63) is 90.2 Å². The highest BCUT2D eigenvalue weighted by Gasteiger charge is 2.35. The third kappa shape index (κ3) is 7.35. The number of ether oxygens (including phenoxy) is 1. The van der Waals surface area contributed by atoms with Crippen LogP contribution in [0.3, 0.4) is 0 Å². The minimum Gasteiger partial charge on any atom is -0.497 e. The number of methoxy groups -OCH3 is 1. The lowest BCUT2D eigenvalue weighted by Gasteiger charge is -2.39. The molecule has 0 saturated carbocycles. The van der Waals surface area contributed by atoms with Crippen LogP contribution in [0.4, 0.5) is 4.39 Å². The molecule has 1 heterocycles. The SMILES string of the molecule is CCCN(CC(=O)N(Cc1ccc(OC)cc1)C1CCN(S(=O)(=O)c2ccc(F)cc2)CC1)S(=O)(=O)c1ccccc1. The Bertz CT molecular complexity index is 1540. The van der Waals surface area contributed by atoms with Crippen molar-refractivity contribution in [2.24, 2.45) is 0 Å². The second-order valence-corrected chi connectivity index (χ2v) is 14.0. The van der Waals surface area contributed by atoms with Crippen LogP contribution in [0.2, 0.25) is 0 Å². The number of benzene rings is 3. The molecule has 0 unspecified atom stereocenters. The zero-order chi connectivity index (χ0) is 30.3. The van der Waals surface area contributed by atoms with Gasteiger partial charge in [-0.15, -0.1) is 0 Å². The van der Waals surface area contributed by atoms with E-state index in [1.807, 2.05) is 19.1 Å². The summed E-state index contributed by atoms with van der Waals surface area (Å²) < 4.78 is 74.4. The molecule has 4 rings (SSSR count). The molecule has 1 saturated heterocycles. The third-order valence-electron chi connectivity index (χ3n) is 7.31. The van der Waals surface area contributed by atoms with Crippen LogP contribution >= 0.6 is 0 Å². The normalized spacial score (nSPS) is 15.0. The van der Waals surface area contributed by atoms with E-state index < -0.39 is 25.9 Å². The van der Waals surface area contributed by atoms with Crippen LogP contribution in [-0.4, -0.2) is 75.6 Å². The molecule has 1 fully saturated rings. The highest BCUT2D eigenvalue weighted by molar-refractivity contribution is 7.89. The predicted molar refractivity (Wildman–Crippen MR) is 157 cm³/mol. The van der Waals surface area contributed by atoms with Gasteiger partial charge in [-0.25, -0.2) is 21.2 Å². The van der Waals surface area contributed by atoms with Crippen molar-refractivity contribution in [1.82, 2.24) is 13.5 Å². The van der Waals surface area contributed by atoms with Gasteiger partial charge in [-0.2, -0.15) is 8.61 Å². The van der Waals surface area contributed by atoms with Crippen molar-refractivity contribution in [2.45, 2.75) is 48.6 Å². The Morgan fingerprint density at radius 2 is 1.52 bits per heavy atom. The molecule has 1 aliphatic rings. The van der Waals surface area contributed by atoms with E-state index in [1.165, 1.54) is 32.9 Å². The van der Waals surface area contributed by atoms with Gasteiger partial charge in [-0.1, -0.05) is 37.3 Å². The average molecular weight is 618 g/mol. The third-order valence-corrected chi connectivity index (χ3v) is 11.1. The number of carbonyl (C=O) groups excluding carboxylic acids is 1. The zero-order valence-corrected chi connectivity index (χ0v) is 25.4. The van der Waals surface area contributed by atoms with Crippen molar-refractivity contribution in [3.8, 4) is 5.75 Å². The van der Waals surface area contributed by atoms with E-state index in [9.17, 15) is 26.0 Å². The van der Waals surface area contributed by atoms with Gasteiger partial charge in [-0.3, -0.25) is 4.79 Å². The first-order chi connectivity index (χ1) is 20.1. The molecule has 0 bridgehead atoms. The van der Waals surface area contributed by atoms with Crippen LogP contribution in [0.5, 0.6) is 5.75 Å². The molecule has 226 valence electrons. The number of nitrogens with zero attached hydrogens (tertiary/aromatic N) is 3. The zero-order valence-electron chi connectivity index (χ0n) is 23.7. The second kappa shape index (κ2) is 13.8. The van der Waals surface area contributed by atoms with Crippen molar-refractivity contribution in [3.63, 3.8) is 0 Å². The standard InChI is InChI=1S/C30H36FN3O6S2/c1-3-19-33(42(38,39)28-7-5-4-6-8-28)23-30(35)34(22-24-9-13-27(40-2)14-10-24)26-17-20-32(21-18-26)41(36,37)29-15-11-25(31)12-16-29/h4-16,26H,3,17-23H2,1-2H3. The number of amides is 1. The summed E-state index contributed by atoms with van der Waals surface area (Å²) in [6, 6.07) is 19.7. The van der Waals surface area contributed by atoms with Crippen LogP contribution < -0.4 is 4.74 Å². The lowest BCUT2D eigenvalue weighted by Crippen LogP contribution is -2.51. The van der Waals surface area contributed by atoms with Crippen LogP contribution in [0, 0.1) is 5.82 Å². The summed E-state index contributed by atoms with van der Waals surface area (Å²) in [7, 11) is -6.18. The number of sulfonamides is 2. The number of carbonyl (C=O) groups is 1. The van der Waals surface area contributed by atoms with E-state index in [1.54, 1.807) is 42.3 Å². The Labute approximate surface area is 247 Å². The van der Waals surface area contributed by atoms with E-state index >= 15 is 0 Å². The summed E-state index contributed by atoms with van der Waals surface area (Å²) in [6.45, 7) is 2.24. The summed E-state index contributed by atoms with van der Waals surface area (Å²) in [5.74, 6) is -0.218. The fourth-order valence-electron chi connectivity index (χ4n) is 5.02. The monoisotopic (exact) mass is 617 g/mol. The van der Waals surface area contributed by atoms with Gasteiger partial charge in [0.05, 0.1) is 23.4 Å². The molecular formula is C30H36FN3O6S2. The van der Waals surface area contributed by atoms with Crippen molar-refractivity contribution < 1.29 is 30.8 Å². The van der Waals surface area contributed by atoms with Gasteiger partial charge < -0.3 is 9.64 Å². The molecule has 3 aromatic rings. The molecule has 12 heteroatoms. The van der Waals surface area contributed by atoms with E-state index in [-0.39, 0.29) is 54.5 Å². The maximum absolute atomic E-state index is 13.9. The Morgan fingerprint density at radius 3 is 2.10 bits per heavy atom. The Balaban J connectivity index is 1.56. The highest BCUT2D eigenvalue weighted by Crippen LogP contribution is 2.26. The summed E-state index contributed by atoms with van der Waals surface area (Å²) in [5.41, 5.74) is 0.832. The van der Waals surface area contributed by atoms with Gasteiger partial charge in [0.15, 0.2) is 0 Å². The van der Waals surface area contributed by atoms with Crippen molar-refractivity contribution in [1.29, 1.82) is 0 Å². The molecule has 0 radical (unpaired) electrons. The Morgan fingerprint density at radius 1 is 0.905 bits per heavy atom. The summed E-state index contributed by atoms with van der Waals surface area (Å²) >= 11 is 0. The molecule has 42 heavy (non-hydrogen) atoms. The van der Waals surface area contributed by atoms with Crippen molar-refractivity contribution >= 4 is 26.0 Å². The first kappa shape index (κ1) is 31.6. The second-order valence-electron chi connectivity index (χ2n) is 10.1. The van der Waals surface area contributed by atoms with Crippen LogP contribution in [0.1, 0.15) is 31.7 Å². The van der Waals surface area contributed by atoms with Crippen LogP contribution in [0.25, 0.3) is 0 Å². The molecule has 3 aromatic carbocycles. The number of hydrogen-bond donors (Lipinski definition) is 0. The predicted octanol–water partition coefficient (Wildman–Crippen LogP) is 4.12. The Hall–Kier alpha value is -3.32. The molecule has 0 atom stereocenters. The van der Waals surface area contributed by atoms with Crippen LogP contribution in [0.15, 0.2) is 88.7 Å². The number of hydrogen-bond acceptors (Lipinski definition) is 6. The highest BCUT2D eigenvalue weighted by atomic mass is 32.2. The molecule has 0 aromatic heterocycles. The maximum Gasteiger partial charge on any atom is 0.243 e. The first-order valence-corrected chi connectivity index (χ1v) is 16.7. The summed E-state index contributed by atoms with van der Waals surface area (Å²) in [5, 5.41) is 0. The largest absolute Gasteiger partial charge is 0.497 e. The van der Waals surface area contributed by atoms with Gasteiger partial charge in [-0.05, 0) is 73.4 Å². The average Bonchev–Trinajstić information content (AvgIpc) is 3.00. The lowest BCUT2D eigenvalue weighted by molar-refractivity contribution is -0.135. The first-order valence-electron chi connectivity index (χ1n) is 13.8. The lowest BCUT2D eigenvalue weighted by atomic mass is 10.0. The molecule has 9 nitrogen and oxygen atoms in total. The molecule has 0 spiro atoms. The van der Waals surface area contributed by atoms with Gasteiger partial charge in [0, 0.05) is 32.2 Å². The minimum absolute atomic E-state index is 0.00911. The quantitative estimate of drug-likeness (QED) is 0.303. The summed E-state index contributed by atoms with van der Waals surface area (Å²) in [4.78, 5) is 15.7. The van der Waals surface area contributed by atoms with Gasteiger partial charge in [0.25, 0.3) is 0 Å². The number of piperidine rings is 1.